The fourth-order valence-corrected chi connectivity index (χ4v) is 52.0. The van der Waals surface area contributed by atoms with Crippen molar-refractivity contribution in [2.45, 2.75) is 488 Å². The van der Waals surface area contributed by atoms with E-state index < -0.39 is 86.3 Å². The van der Waals surface area contributed by atoms with E-state index in [1.165, 1.54) is 273 Å². The maximum Gasteiger partial charge on any atom is 0.0632 e. The van der Waals surface area contributed by atoms with Crippen molar-refractivity contribution >= 4 is 64.6 Å². The Hall–Kier alpha value is 1.10. The lowest BCUT2D eigenvalue weighted by atomic mass is 9.92. The Morgan fingerprint density at radius 1 is 0.156 bits per heavy atom. The first kappa shape index (κ1) is 135. The van der Waals surface area contributed by atoms with Gasteiger partial charge < -0.3 is 78.7 Å². The summed E-state index contributed by atoms with van der Waals surface area (Å²) in [7, 11) is -9.03. The number of hydrogen-bond donors (Lipinski definition) is 8. The molecule has 0 aliphatic carbocycles. The molecule has 0 aliphatic heterocycles. The number of unbranched alkanes of at least 4 members (excludes halogenated alkanes) is 6. The fraction of sp³-hybridized carbons (Fsp3) is 1.00. The molecule has 16 nitrogen and oxygen atoms in total. The van der Waals surface area contributed by atoms with Crippen molar-refractivity contribution < 1.29 is 78.7 Å². The molecule has 0 unspecified atom stereocenters. The molecule has 0 bridgehead atoms. The van der Waals surface area contributed by atoms with Crippen molar-refractivity contribution in [3.8, 4) is 0 Å². The average Bonchev–Trinajstić information content (AvgIpc) is 0.862. The molecule has 0 aromatic heterocycles. The van der Waals surface area contributed by atoms with Crippen LogP contribution in [0, 0.1) is 21.7 Å². The Labute approximate surface area is 806 Å². The maximum atomic E-state index is 10.2. The zero-order valence-corrected chi connectivity index (χ0v) is 98.6. The van der Waals surface area contributed by atoms with Gasteiger partial charge in [0.1, 0.15) is 0 Å². The van der Waals surface area contributed by atoms with Gasteiger partial charge in [-0.3, -0.25) is 0 Å². The van der Waals surface area contributed by atoms with Gasteiger partial charge in [0.25, 0.3) is 0 Å². The Morgan fingerprint density at radius 3 is 0.398 bits per heavy atom. The Balaban J connectivity index is -0.000000817. The zero-order chi connectivity index (χ0) is 97.4. The molecule has 0 saturated heterocycles. The van der Waals surface area contributed by atoms with Crippen LogP contribution < -0.4 is 0 Å². The van der Waals surface area contributed by atoms with Crippen molar-refractivity contribution in [2.24, 2.45) is 21.7 Å². The highest BCUT2D eigenvalue weighted by Gasteiger charge is 2.39. The van der Waals surface area contributed by atoms with Gasteiger partial charge in [-0.15, -0.1) is 0 Å². The topological polar surface area (TPSA) is 236 Å². The minimum atomic E-state index is -1.24. The zero-order valence-electron chi connectivity index (χ0n) is 90.6. The molecule has 0 rings (SSSR count). The van der Waals surface area contributed by atoms with Gasteiger partial charge in [-0.1, -0.05) is 437 Å². The van der Waals surface area contributed by atoms with E-state index >= 15 is 0 Å². The van der Waals surface area contributed by atoms with Crippen LogP contribution in [0.4, 0.5) is 0 Å². The number of hydrogen-bond acceptors (Lipinski definition) is 16. The minimum Gasteiger partial charge on any atom is -0.396 e. The van der Waals surface area contributed by atoms with Gasteiger partial charge >= 0.3 is 0 Å². The Bertz CT molecular complexity index is 2090. The third-order valence-electron chi connectivity index (χ3n) is 29.9. The number of rotatable bonds is 92. The van der Waals surface area contributed by atoms with Gasteiger partial charge in [0, 0.05) is 69.0 Å². The van der Waals surface area contributed by atoms with E-state index in [1.54, 1.807) is 0 Å². The monoisotopic (exact) mass is 1960 g/mol. The summed E-state index contributed by atoms with van der Waals surface area (Å²) >= 11 is 0. The SMILES string of the molecule is CCCC[Si](CCCC)(CCCC)CCCOCC(CO)(CO)COCCC[Si](CCCC)(CCCC)CCCC.CCC[Si](CCC)(CCC)CCCOCC(CO)(CO)COCCC[Si](CCC)(CCC)CCC.CC[Si](CC)(CC)CCCOCC(CO)(CO)COCCC[Si](CC)(CC)CC.C[Si](C)(C)CCCOCC(CO)(CO)COCCC[Si](C)(C)C. The van der Waals surface area contributed by atoms with E-state index in [2.05, 4.69) is 164 Å². The predicted octanol–water partition coefficient (Wildman–Crippen LogP) is 27.8. The van der Waals surface area contributed by atoms with E-state index in [9.17, 15) is 40.9 Å². The van der Waals surface area contributed by atoms with Crippen LogP contribution in [-0.2, 0) is 37.9 Å². The second-order valence-electron chi connectivity index (χ2n) is 43.9. The fourth-order valence-electron chi connectivity index (χ4n) is 20.2. The molecule has 0 fully saturated rings. The molecule has 0 heterocycles. The third-order valence-corrected chi connectivity index (χ3v) is 68.9. The molecular weight excluding hydrogens is 1730 g/mol. The summed E-state index contributed by atoms with van der Waals surface area (Å²) in [4.78, 5) is 0. The van der Waals surface area contributed by atoms with Crippen LogP contribution in [0.2, 0.25) is 196 Å². The number of aliphatic hydroxyl groups is 8. The second-order valence-corrected chi connectivity index (χ2v) is 86.4. The van der Waals surface area contributed by atoms with Crippen molar-refractivity contribution in [1.29, 1.82) is 0 Å². The van der Waals surface area contributed by atoms with E-state index in [1.807, 2.05) is 0 Å². The molecule has 0 aliphatic rings. The number of aliphatic hydroxyl groups excluding tert-OH is 8. The van der Waals surface area contributed by atoms with Gasteiger partial charge in [0.15, 0.2) is 0 Å². The van der Waals surface area contributed by atoms with Gasteiger partial charge in [-0.25, -0.2) is 0 Å². The summed E-state index contributed by atoms with van der Waals surface area (Å²) in [5.41, 5.74) is -2.72. The van der Waals surface area contributed by atoms with Gasteiger partial charge in [-0.05, 0) is 51.4 Å². The summed E-state index contributed by atoms with van der Waals surface area (Å²) in [6, 6.07) is 36.2. The Kier molecular flexibility index (Phi) is 88.7. The summed E-state index contributed by atoms with van der Waals surface area (Å²) in [6.07, 6.45) is 32.7. The molecule has 0 spiro atoms. The van der Waals surface area contributed by atoms with E-state index in [-0.39, 0.29) is 52.9 Å². The predicted molar refractivity (Wildman–Crippen MR) is 581 cm³/mol. The quantitative estimate of drug-likeness (QED) is 0.0209. The first-order valence-corrected chi connectivity index (χ1v) is 79.1. The van der Waals surface area contributed by atoms with Crippen molar-refractivity contribution in [3.63, 3.8) is 0 Å². The molecule has 0 aromatic carbocycles. The van der Waals surface area contributed by atoms with Crippen LogP contribution in [0.3, 0.4) is 0 Å². The van der Waals surface area contributed by atoms with Crippen LogP contribution in [0.25, 0.3) is 0 Å². The summed E-state index contributed by atoms with van der Waals surface area (Å²) in [6.45, 7) is 64.1. The standard InChI is InChI=1S/C35H76O4Si2.C29H64O4Si2.C23H52O4Si2.C17H40O4Si2/c1-7-13-23-40(24-14-8-2,25-15-9-3)29-19-21-38-33-35(31-36,32-37)34-39-22-20-30-41(26-16-10-4,27-17-11-5)28-18-12-6;1-7-17-34(18-8-2,19-9-3)23-13-15-32-27-29(25-30,26-31)28-33-16-14-24-35(20-10-4,21-11-5)22-12-6;1-7-28(8-2,9-3)17-13-15-26-21-23(19-24,20-25)22-27-16-14-18-29(10-4,11-5)12-6;1-22(2,3)11-7-9-20-15-17(13-18,14-19)16-21-10-8-12-23(4,5)6/h36-37H,7-34H2,1-6H3;30-31H,7-28H2,1-6H3;24-25H,7-22H2,1-6H3;18-19H,7-16H2,1-6H3. The molecule has 0 atom stereocenters. The third kappa shape index (κ3) is 64.4. The molecule has 24 heteroatoms. The van der Waals surface area contributed by atoms with Crippen LogP contribution in [-0.4, -0.2) is 264 Å². The molecular formula is C104H232O16Si8. The van der Waals surface area contributed by atoms with E-state index in [0.29, 0.717) is 79.3 Å². The summed E-state index contributed by atoms with van der Waals surface area (Å²) < 4.78 is 47.7. The van der Waals surface area contributed by atoms with Crippen molar-refractivity contribution in [1.82, 2.24) is 0 Å². The lowest BCUT2D eigenvalue weighted by Gasteiger charge is -2.33. The molecule has 8 N–H and O–H groups in total. The lowest BCUT2D eigenvalue weighted by Crippen LogP contribution is -2.40. The molecule has 128 heavy (non-hydrogen) atoms. The van der Waals surface area contributed by atoms with Gasteiger partial charge in [-0.2, -0.15) is 0 Å². The highest BCUT2D eigenvalue weighted by atomic mass is 28.3. The highest BCUT2D eigenvalue weighted by molar-refractivity contribution is 6.82. The molecule has 0 radical (unpaired) electrons. The first-order valence-electron chi connectivity index (χ1n) is 54.7. The average molecular weight is 1960 g/mol. The van der Waals surface area contributed by atoms with E-state index in [4.69, 9.17) is 37.9 Å². The summed E-state index contributed by atoms with van der Waals surface area (Å²) in [5.74, 6) is 0. The first-order chi connectivity index (χ1) is 61.2. The van der Waals surface area contributed by atoms with Crippen molar-refractivity contribution in [3.05, 3.63) is 0 Å². The van der Waals surface area contributed by atoms with Crippen LogP contribution in [0.1, 0.15) is 292 Å². The van der Waals surface area contributed by atoms with E-state index in [0.717, 1.165) is 77.8 Å². The van der Waals surface area contributed by atoms with Gasteiger partial charge in [0.2, 0.25) is 0 Å². The lowest BCUT2D eigenvalue weighted by molar-refractivity contribution is -0.0769. The number of ether oxygens (including phenoxy) is 8. The van der Waals surface area contributed by atoms with Crippen LogP contribution in [0.5, 0.6) is 0 Å². The smallest absolute Gasteiger partial charge is 0.0632 e. The van der Waals surface area contributed by atoms with Gasteiger partial charge in [0.05, 0.1) is 176 Å². The van der Waals surface area contributed by atoms with Crippen LogP contribution in [0.15, 0.2) is 0 Å². The largest absolute Gasteiger partial charge is 0.396 e. The molecule has 776 valence electrons. The van der Waals surface area contributed by atoms with Crippen molar-refractivity contribution in [2.75, 3.05) is 159 Å². The normalized spacial score (nSPS) is 13.1. The minimum absolute atomic E-state index is 0.0894. The summed E-state index contributed by atoms with van der Waals surface area (Å²) in [5, 5.41) is 79.6. The highest BCUT2D eigenvalue weighted by Crippen LogP contribution is 2.38. The molecule has 0 amide bonds. The molecule has 0 saturated carbocycles. The molecule has 0 aromatic rings. The second kappa shape index (κ2) is 83.8. The maximum absolute atomic E-state index is 10.2. The Morgan fingerprint density at radius 2 is 0.281 bits per heavy atom. The van der Waals surface area contributed by atoms with Crippen LogP contribution >= 0.6 is 0 Å².